The molecule has 9 heteroatoms. The highest BCUT2D eigenvalue weighted by molar-refractivity contribution is 7.92. The molecule has 0 bridgehead atoms. The maximum Gasteiger partial charge on any atom is 0.262 e. The lowest BCUT2D eigenvalue weighted by atomic mass is 10.1. The molecule has 3 aromatic carbocycles. The van der Waals surface area contributed by atoms with Crippen LogP contribution in [0.15, 0.2) is 83.9 Å². The summed E-state index contributed by atoms with van der Waals surface area (Å²) in [6.07, 6.45) is 2.12. The minimum atomic E-state index is -3.94. The molecule has 0 aliphatic rings. The summed E-state index contributed by atoms with van der Waals surface area (Å²) >= 11 is 0. The van der Waals surface area contributed by atoms with Gasteiger partial charge in [-0.05, 0) is 55.3 Å². The maximum absolute atomic E-state index is 13.2. The molecule has 8 nitrogen and oxygen atoms in total. The van der Waals surface area contributed by atoms with Gasteiger partial charge in [-0.15, -0.1) is 0 Å². The van der Waals surface area contributed by atoms with Gasteiger partial charge < -0.3 is 10.1 Å². The van der Waals surface area contributed by atoms with Crippen LogP contribution in [0.3, 0.4) is 0 Å². The molecular formula is C26H26N4O4S. The SMILES string of the molecule is CCc1c(C(=O)Nc2ccc(C)c(S(=O)(=O)Nc3ccccc3OC)c2)cnn1-c1ccccc1. The molecule has 180 valence electrons. The van der Waals surface area contributed by atoms with E-state index < -0.39 is 10.0 Å². The van der Waals surface area contributed by atoms with E-state index in [-0.39, 0.29) is 10.8 Å². The largest absolute Gasteiger partial charge is 0.495 e. The van der Waals surface area contributed by atoms with Crippen LogP contribution in [0.1, 0.15) is 28.5 Å². The van der Waals surface area contributed by atoms with Crippen LogP contribution in [0.5, 0.6) is 5.75 Å². The lowest BCUT2D eigenvalue weighted by Gasteiger charge is -2.14. The molecular weight excluding hydrogens is 464 g/mol. The first kappa shape index (κ1) is 24.0. The zero-order valence-electron chi connectivity index (χ0n) is 19.6. The van der Waals surface area contributed by atoms with Gasteiger partial charge in [0.15, 0.2) is 0 Å². The predicted molar refractivity (Wildman–Crippen MR) is 136 cm³/mol. The number of benzene rings is 3. The van der Waals surface area contributed by atoms with E-state index >= 15 is 0 Å². The molecule has 0 atom stereocenters. The Morgan fingerprint density at radius 2 is 1.74 bits per heavy atom. The van der Waals surface area contributed by atoms with E-state index in [1.165, 1.54) is 19.4 Å². The molecule has 2 N–H and O–H groups in total. The van der Waals surface area contributed by atoms with Gasteiger partial charge in [-0.3, -0.25) is 9.52 Å². The molecule has 1 heterocycles. The molecule has 0 aliphatic heterocycles. The number of ether oxygens (including phenoxy) is 1. The molecule has 4 rings (SSSR count). The summed E-state index contributed by atoms with van der Waals surface area (Å²) < 4.78 is 35.9. The first-order chi connectivity index (χ1) is 16.8. The Morgan fingerprint density at radius 1 is 1.03 bits per heavy atom. The smallest absolute Gasteiger partial charge is 0.262 e. The first-order valence-electron chi connectivity index (χ1n) is 11.0. The molecule has 0 spiro atoms. The van der Waals surface area contributed by atoms with Crippen LogP contribution in [0.4, 0.5) is 11.4 Å². The number of carbonyl (C=O) groups excluding carboxylic acids is 1. The third kappa shape index (κ3) is 5.04. The van der Waals surface area contributed by atoms with Crippen LogP contribution in [0, 0.1) is 6.92 Å². The van der Waals surface area contributed by atoms with Crippen LogP contribution in [-0.2, 0) is 16.4 Å². The van der Waals surface area contributed by atoms with E-state index in [2.05, 4.69) is 15.1 Å². The fourth-order valence-corrected chi connectivity index (χ4v) is 5.13. The number of para-hydroxylation sites is 3. The fraction of sp³-hybridized carbons (Fsp3) is 0.154. The molecule has 0 radical (unpaired) electrons. The van der Waals surface area contributed by atoms with Crippen molar-refractivity contribution in [3.8, 4) is 11.4 Å². The summed E-state index contributed by atoms with van der Waals surface area (Å²) in [5.74, 6) is 0.0367. The summed E-state index contributed by atoms with van der Waals surface area (Å²) in [6, 6.07) is 21.1. The number of nitrogens with zero attached hydrogens (tertiary/aromatic N) is 2. The van der Waals surface area contributed by atoms with Gasteiger partial charge in [-0.1, -0.05) is 43.3 Å². The minimum absolute atomic E-state index is 0.0527. The van der Waals surface area contributed by atoms with Gasteiger partial charge in [0.25, 0.3) is 15.9 Å². The number of sulfonamides is 1. The Bertz CT molecular complexity index is 1460. The van der Waals surface area contributed by atoms with E-state index in [0.717, 1.165) is 11.4 Å². The third-order valence-electron chi connectivity index (χ3n) is 5.54. The Hall–Kier alpha value is -4.11. The number of hydrogen-bond donors (Lipinski definition) is 2. The highest BCUT2D eigenvalue weighted by Gasteiger charge is 2.21. The van der Waals surface area contributed by atoms with Gasteiger partial charge in [0, 0.05) is 5.69 Å². The Labute approximate surface area is 204 Å². The average Bonchev–Trinajstić information content (AvgIpc) is 3.30. The van der Waals surface area contributed by atoms with Gasteiger partial charge in [-0.25, -0.2) is 13.1 Å². The van der Waals surface area contributed by atoms with E-state index in [0.29, 0.717) is 34.7 Å². The highest BCUT2D eigenvalue weighted by atomic mass is 32.2. The summed E-state index contributed by atoms with van der Waals surface area (Å²) in [7, 11) is -2.47. The van der Waals surface area contributed by atoms with Gasteiger partial charge in [0.05, 0.1) is 40.8 Å². The molecule has 0 saturated heterocycles. The molecule has 0 aliphatic carbocycles. The lowest BCUT2D eigenvalue weighted by Crippen LogP contribution is -2.17. The normalized spacial score (nSPS) is 11.2. The molecule has 1 amide bonds. The second kappa shape index (κ2) is 10.0. The molecule has 0 fully saturated rings. The van der Waals surface area contributed by atoms with Gasteiger partial charge >= 0.3 is 0 Å². The molecule has 0 saturated carbocycles. The van der Waals surface area contributed by atoms with Crippen LogP contribution < -0.4 is 14.8 Å². The number of rotatable bonds is 8. The van der Waals surface area contributed by atoms with Crippen LogP contribution >= 0.6 is 0 Å². The number of anilines is 2. The maximum atomic E-state index is 13.2. The summed E-state index contributed by atoms with van der Waals surface area (Å²) in [4.78, 5) is 13.2. The van der Waals surface area contributed by atoms with Crippen molar-refractivity contribution < 1.29 is 17.9 Å². The van der Waals surface area contributed by atoms with Gasteiger partial charge in [0.1, 0.15) is 5.75 Å². The fourth-order valence-electron chi connectivity index (χ4n) is 3.79. The molecule has 0 unspecified atom stereocenters. The van der Waals surface area contributed by atoms with E-state index in [1.807, 2.05) is 37.3 Å². The predicted octanol–water partition coefficient (Wildman–Crippen LogP) is 4.80. The lowest BCUT2D eigenvalue weighted by molar-refractivity contribution is 0.102. The standard InChI is InChI=1S/C26H26N4O4S/c1-4-23-21(17-27-30(23)20-10-6-5-7-11-20)26(31)28-19-15-14-18(2)25(16-19)35(32,33)29-22-12-8-9-13-24(22)34-3/h5-17,29H,4H2,1-3H3,(H,28,31). The molecule has 1 aromatic heterocycles. The summed E-state index contributed by atoms with van der Waals surface area (Å²) in [5.41, 5.74) is 3.26. The van der Waals surface area contributed by atoms with Crippen molar-refractivity contribution in [2.24, 2.45) is 0 Å². The number of aryl methyl sites for hydroxylation is 1. The van der Waals surface area contributed by atoms with Crippen molar-refractivity contribution in [1.29, 1.82) is 0 Å². The van der Waals surface area contributed by atoms with Crippen molar-refractivity contribution in [3.05, 3.63) is 95.8 Å². The highest BCUT2D eigenvalue weighted by Crippen LogP contribution is 2.28. The Balaban J connectivity index is 1.61. The molecule has 35 heavy (non-hydrogen) atoms. The van der Waals surface area contributed by atoms with E-state index in [4.69, 9.17) is 4.74 Å². The second-order valence-electron chi connectivity index (χ2n) is 7.85. The number of aromatic nitrogens is 2. The van der Waals surface area contributed by atoms with E-state index in [1.54, 1.807) is 48.0 Å². The Morgan fingerprint density at radius 3 is 2.46 bits per heavy atom. The summed E-state index contributed by atoms with van der Waals surface area (Å²) in [6.45, 7) is 3.65. The van der Waals surface area contributed by atoms with Gasteiger partial charge in [0.2, 0.25) is 0 Å². The first-order valence-corrected chi connectivity index (χ1v) is 12.5. The average molecular weight is 491 g/mol. The number of nitrogens with one attached hydrogen (secondary N) is 2. The van der Waals surface area contributed by atoms with Crippen molar-refractivity contribution in [3.63, 3.8) is 0 Å². The second-order valence-corrected chi connectivity index (χ2v) is 9.50. The zero-order chi connectivity index (χ0) is 25.0. The van der Waals surface area contributed by atoms with Crippen molar-refractivity contribution in [2.75, 3.05) is 17.1 Å². The van der Waals surface area contributed by atoms with Crippen LogP contribution in [0.2, 0.25) is 0 Å². The van der Waals surface area contributed by atoms with E-state index in [9.17, 15) is 13.2 Å². The number of amides is 1. The molecule has 4 aromatic rings. The third-order valence-corrected chi connectivity index (χ3v) is 7.04. The number of carbonyl (C=O) groups is 1. The topological polar surface area (TPSA) is 102 Å². The zero-order valence-corrected chi connectivity index (χ0v) is 20.5. The van der Waals surface area contributed by atoms with Gasteiger partial charge in [-0.2, -0.15) is 5.10 Å². The van der Waals surface area contributed by atoms with Crippen molar-refractivity contribution in [1.82, 2.24) is 9.78 Å². The summed E-state index contributed by atoms with van der Waals surface area (Å²) in [5, 5.41) is 7.21. The quantitative estimate of drug-likeness (QED) is 0.369. The monoisotopic (exact) mass is 490 g/mol. The van der Waals surface area contributed by atoms with Crippen molar-refractivity contribution in [2.45, 2.75) is 25.2 Å². The van der Waals surface area contributed by atoms with Crippen molar-refractivity contribution >= 4 is 27.3 Å². The Kier molecular flexibility index (Phi) is 6.88. The van der Waals surface area contributed by atoms with Crippen LogP contribution in [0.25, 0.3) is 5.69 Å². The number of methoxy groups -OCH3 is 1. The van der Waals surface area contributed by atoms with Crippen LogP contribution in [-0.4, -0.2) is 31.2 Å². The minimum Gasteiger partial charge on any atom is -0.495 e. The number of hydrogen-bond acceptors (Lipinski definition) is 5.